The van der Waals surface area contributed by atoms with Crippen molar-refractivity contribution in [1.82, 2.24) is 4.90 Å². The van der Waals surface area contributed by atoms with Crippen LogP contribution in [0.25, 0.3) is 0 Å². The fourth-order valence-electron chi connectivity index (χ4n) is 0.671. The molecule has 0 bridgehead atoms. The molecule has 0 aliphatic heterocycles. The summed E-state index contributed by atoms with van der Waals surface area (Å²) in [6, 6.07) is 0. The highest BCUT2D eigenvalue weighted by Gasteiger charge is 1.89. The van der Waals surface area contributed by atoms with Crippen molar-refractivity contribution in [1.29, 1.82) is 0 Å². The lowest BCUT2D eigenvalue weighted by molar-refractivity contribution is 0.321. The molecule has 0 atom stereocenters. The molecule has 0 aliphatic rings. The lowest BCUT2D eigenvalue weighted by atomic mass is 10.5. The van der Waals surface area contributed by atoms with Crippen LogP contribution >= 0.6 is 11.6 Å². The van der Waals surface area contributed by atoms with Gasteiger partial charge in [-0.3, -0.25) is 0 Å². The van der Waals surface area contributed by atoms with Crippen molar-refractivity contribution in [3.8, 4) is 0 Å². The molecule has 2 heteroatoms. The highest BCUT2D eigenvalue weighted by atomic mass is 35.5. The number of rotatable bonds is 3. The molecule has 0 N–H and O–H groups in total. The summed E-state index contributed by atoms with van der Waals surface area (Å²) in [4.78, 5) is 2.38. The molecule has 0 radical (unpaired) electrons. The first-order valence-electron chi connectivity index (χ1n) is 3.70. The van der Waals surface area contributed by atoms with Crippen LogP contribution in [-0.2, 0) is 0 Å². The Kier molecular flexibility index (Phi) is 14.9. The summed E-state index contributed by atoms with van der Waals surface area (Å²) >= 11 is 4.76. The van der Waals surface area contributed by atoms with E-state index in [1.54, 1.807) is 0 Å². The summed E-state index contributed by atoms with van der Waals surface area (Å²) in [6.07, 6.45) is 0. The van der Waals surface area contributed by atoms with Gasteiger partial charge in [-0.1, -0.05) is 39.0 Å². The highest BCUT2D eigenvalue weighted by Crippen LogP contribution is 1.81. The van der Waals surface area contributed by atoms with Crippen LogP contribution in [0, 0.1) is 0 Å². The monoisotopic (exact) mass is 163 g/mol. The number of hydrogen-bond donors (Lipinski definition) is 0. The topological polar surface area (TPSA) is 3.24 Å². The van der Waals surface area contributed by atoms with Crippen molar-refractivity contribution in [2.45, 2.75) is 20.8 Å². The van der Waals surface area contributed by atoms with Gasteiger partial charge < -0.3 is 4.90 Å². The van der Waals surface area contributed by atoms with Crippen LogP contribution in [0.15, 0.2) is 12.1 Å². The predicted octanol–water partition coefficient (Wildman–Crippen LogP) is 2.72. The molecule has 0 amide bonds. The minimum Gasteiger partial charge on any atom is -0.304 e. The average Bonchev–Trinajstić information content (AvgIpc) is 1.93. The number of nitrogens with zero attached hydrogens (tertiary/aromatic N) is 1. The smallest absolute Gasteiger partial charge is 0.00296 e. The van der Waals surface area contributed by atoms with Crippen LogP contribution in [0.3, 0.4) is 0 Å². The summed E-state index contributed by atoms with van der Waals surface area (Å²) in [7, 11) is 0. The first-order chi connectivity index (χ1) is 4.76. The van der Waals surface area contributed by atoms with Crippen molar-refractivity contribution in [3.63, 3.8) is 0 Å². The van der Waals surface area contributed by atoms with Crippen molar-refractivity contribution in [2.24, 2.45) is 0 Å². The van der Waals surface area contributed by atoms with E-state index in [4.69, 9.17) is 11.6 Å². The van der Waals surface area contributed by atoms with Gasteiger partial charge >= 0.3 is 0 Å². The SMILES string of the molecule is C=CCl.CCN(CC)CC. The standard InChI is InChI=1S/C6H15N.C2H3Cl/c1-4-7(5-2)6-3;1-2-3/h4-6H2,1-3H3;2H,1H2. The lowest BCUT2D eigenvalue weighted by Crippen LogP contribution is -2.21. The van der Waals surface area contributed by atoms with E-state index in [0.29, 0.717) is 0 Å². The summed E-state index contributed by atoms with van der Waals surface area (Å²) in [5.74, 6) is 0. The van der Waals surface area contributed by atoms with Gasteiger partial charge in [0.25, 0.3) is 0 Å². The predicted molar refractivity (Wildman–Crippen MR) is 49.5 cm³/mol. The van der Waals surface area contributed by atoms with Crippen LogP contribution in [-0.4, -0.2) is 24.5 Å². The molecule has 1 nitrogen and oxygen atoms in total. The molecular formula is C8H18ClN. The van der Waals surface area contributed by atoms with Gasteiger partial charge in [-0.2, -0.15) is 0 Å². The van der Waals surface area contributed by atoms with E-state index in [2.05, 4.69) is 32.3 Å². The Hall–Kier alpha value is -0.0100. The molecule has 0 spiro atoms. The minimum absolute atomic E-state index is 1.19. The van der Waals surface area contributed by atoms with Crippen molar-refractivity contribution >= 4 is 11.6 Å². The van der Waals surface area contributed by atoms with Crippen LogP contribution < -0.4 is 0 Å². The largest absolute Gasteiger partial charge is 0.304 e. The molecule has 62 valence electrons. The van der Waals surface area contributed by atoms with Gasteiger partial charge in [-0.25, -0.2) is 0 Å². The first kappa shape index (κ1) is 12.6. The molecule has 0 saturated carbocycles. The Morgan fingerprint density at radius 3 is 1.40 bits per heavy atom. The Morgan fingerprint density at radius 2 is 1.40 bits per heavy atom. The molecule has 0 heterocycles. The second-order valence-corrected chi connectivity index (χ2v) is 2.08. The highest BCUT2D eigenvalue weighted by molar-refractivity contribution is 6.25. The van der Waals surface area contributed by atoms with Crippen molar-refractivity contribution < 1.29 is 0 Å². The van der Waals surface area contributed by atoms with Crippen LogP contribution in [0.4, 0.5) is 0 Å². The van der Waals surface area contributed by atoms with E-state index in [1.807, 2.05) is 0 Å². The molecular weight excluding hydrogens is 146 g/mol. The van der Waals surface area contributed by atoms with Gasteiger partial charge in [-0.15, -0.1) is 0 Å². The summed E-state index contributed by atoms with van der Waals surface area (Å²) in [5, 5.41) is 0. The fourth-order valence-corrected chi connectivity index (χ4v) is 0.671. The second kappa shape index (κ2) is 11.7. The van der Waals surface area contributed by atoms with Gasteiger partial charge in [0.05, 0.1) is 0 Å². The zero-order valence-corrected chi connectivity index (χ0v) is 7.99. The zero-order valence-electron chi connectivity index (χ0n) is 7.23. The van der Waals surface area contributed by atoms with Crippen LogP contribution in [0.1, 0.15) is 20.8 Å². The molecule has 0 aromatic carbocycles. The molecule has 0 saturated heterocycles. The second-order valence-electron chi connectivity index (χ2n) is 1.77. The van der Waals surface area contributed by atoms with Gasteiger partial charge in [0.2, 0.25) is 0 Å². The Morgan fingerprint density at radius 1 is 1.20 bits per heavy atom. The van der Waals surface area contributed by atoms with Gasteiger partial charge in [-0.05, 0) is 25.2 Å². The molecule has 0 aromatic rings. The lowest BCUT2D eigenvalue weighted by Gasteiger charge is -2.13. The van der Waals surface area contributed by atoms with E-state index in [9.17, 15) is 0 Å². The Labute approximate surface area is 69.7 Å². The van der Waals surface area contributed by atoms with E-state index in [-0.39, 0.29) is 0 Å². The van der Waals surface area contributed by atoms with E-state index < -0.39 is 0 Å². The van der Waals surface area contributed by atoms with Gasteiger partial charge in [0.15, 0.2) is 0 Å². The molecule has 0 unspecified atom stereocenters. The third-order valence-electron chi connectivity index (χ3n) is 1.34. The zero-order chi connectivity index (χ0) is 8.41. The average molecular weight is 164 g/mol. The van der Waals surface area contributed by atoms with Gasteiger partial charge in [0.1, 0.15) is 0 Å². The van der Waals surface area contributed by atoms with Crippen molar-refractivity contribution in [2.75, 3.05) is 19.6 Å². The quantitative estimate of drug-likeness (QED) is 0.619. The number of hydrogen-bond acceptors (Lipinski definition) is 1. The van der Waals surface area contributed by atoms with Gasteiger partial charge in [0, 0.05) is 0 Å². The third-order valence-corrected chi connectivity index (χ3v) is 1.34. The molecule has 0 aromatic heterocycles. The third kappa shape index (κ3) is 10.9. The maximum atomic E-state index is 4.76. The maximum absolute atomic E-state index is 4.76. The first-order valence-corrected chi connectivity index (χ1v) is 4.13. The summed E-state index contributed by atoms with van der Waals surface area (Å²) in [5.41, 5.74) is 1.22. The van der Waals surface area contributed by atoms with E-state index in [0.717, 1.165) is 0 Å². The molecule has 10 heavy (non-hydrogen) atoms. The Bertz CT molecular complexity index is 54.8. The summed E-state index contributed by atoms with van der Waals surface area (Å²) in [6.45, 7) is 13.3. The van der Waals surface area contributed by atoms with Crippen LogP contribution in [0.5, 0.6) is 0 Å². The molecule has 0 fully saturated rings. The molecule has 0 aliphatic carbocycles. The molecule has 0 rings (SSSR count). The fraction of sp³-hybridized carbons (Fsp3) is 0.750. The van der Waals surface area contributed by atoms with Crippen molar-refractivity contribution in [3.05, 3.63) is 12.1 Å². The number of halogens is 1. The maximum Gasteiger partial charge on any atom is -0.00296 e. The normalized spacial score (nSPS) is 8.50. The van der Waals surface area contributed by atoms with E-state index >= 15 is 0 Å². The Balaban J connectivity index is 0. The summed E-state index contributed by atoms with van der Waals surface area (Å²) < 4.78 is 0. The van der Waals surface area contributed by atoms with E-state index in [1.165, 1.54) is 25.2 Å². The minimum atomic E-state index is 1.19. The van der Waals surface area contributed by atoms with Crippen LogP contribution in [0.2, 0.25) is 0 Å².